The highest BCUT2D eigenvalue weighted by Crippen LogP contribution is 2.38. The summed E-state index contributed by atoms with van der Waals surface area (Å²) in [6, 6.07) is 8.32. The molecule has 6 heteroatoms. The molecule has 5 nitrogen and oxygen atoms in total. The van der Waals surface area contributed by atoms with Crippen molar-refractivity contribution in [3.63, 3.8) is 0 Å². The first-order valence-electron chi connectivity index (χ1n) is 7.76. The maximum Gasteiger partial charge on any atom is 0.0924 e. The summed E-state index contributed by atoms with van der Waals surface area (Å²) in [5, 5.41) is 13.0. The molecule has 0 spiro atoms. The quantitative estimate of drug-likeness (QED) is 0.636. The minimum Gasteiger partial charge on any atom is -0.269 e. The molecule has 1 aliphatic rings. The standard InChI is InChI=1S/C18H14BrN5/c19-14-3-4-16-17(8-14)23-18(10-21-16)13-9-22-24(11-13)15-6-12(7-15)2-1-5-20/h1-4,8-12,15H,6-7H2. The number of aromatic nitrogens is 4. The summed E-state index contributed by atoms with van der Waals surface area (Å²) in [7, 11) is 0. The van der Waals surface area contributed by atoms with Gasteiger partial charge in [-0.25, -0.2) is 4.98 Å². The summed E-state index contributed by atoms with van der Waals surface area (Å²) in [5.74, 6) is 0.486. The second-order valence-electron chi connectivity index (χ2n) is 5.97. The molecule has 3 aromatic rings. The average Bonchev–Trinajstić information content (AvgIpc) is 3.02. The summed E-state index contributed by atoms with van der Waals surface area (Å²) < 4.78 is 2.99. The maximum absolute atomic E-state index is 8.57. The van der Waals surface area contributed by atoms with Crippen LogP contribution < -0.4 is 0 Å². The molecule has 2 aromatic heterocycles. The number of rotatable bonds is 3. The van der Waals surface area contributed by atoms with Crippen LogP contribution in [0.1, 0.15) is 18.9 Å². The van der Waals surface area contributed by atoms with Gasteiger partial charge < -0.3 is 0 Å². The second kappa shape index (κ2) is 6.17. The number of hydrogen-bond acceptors (Lipinski definition) is 4. The van der Waals surface area contributed by atoms with Gasteiger partial charge in [-0.3, -0.25) is 9.67 Å². The number of nitriles is 1. The van der Waals surface area contributed by atoms with Crippen molar-refractivity contribution in [2.75, 3.05) is 0 Å². The van der Waals surface area contributed by atoms with Crippen molar-refractivity contribution in [2.45, 2.75) is 18.9 Å². The van der Waals surface area contributed by atoms with Gasteiger partial charge in [-0.1, -0.05) is 22.0 Å². The molecule has 0 bridgehead atoms. The van der Waals surface area contributed by atoms with Crippen LogP contribution in [0.15, 0.2) is 53.4 Å². The van der Waals surface area contributed by atoms with E-state index in [2.05, 4.69) is 31.0 Å². The van der Waals surface area contributed by atoms with E-state index in [9.17, 15) is 0 Å². The predicted molar refractivity (Wildman–Crippen MR) is 95.0 cm³/mol. The van der Waals surface area contributed by atoms with Gasteiger partial charge in [-0.05, 0) is 37.0 Å². The van der Waals surface area contributed by atoms with E-state index in [1.807, 2.05) is 47.4 Å². The van der Waals surface area contributed by atoms with Gasteiger partial charge in [0.1, 0.15) is 0 Å². The van der Waals surface area contributed by atoms with Crippen LogP contribution in [-0.2, 0) is 0 Å². The van der Waals surface area contributed by atoms with Gasteiger partial charge in [-0.15, -0.1) is 0 Å². The zero-order chi connectivity index (χ0) is 16.5. The third kappa shape index (κ3) is 2.83. The lowest BCUT2D eigenvalue weighted by molar-refractivity contribution is 0.224. The molecule has 0 atom stereocenters. The molecule has 0 amide bonds. The molecule has 0 radical (unpaired) electrons. The van der Waals surface area contributed by atoms with Crippen molar-refractivity contribution < 1.29 is 0 Å². The van der Waals surface area contributed by atoms with Crippen LogP contribution in [0.3, 0.4) is 0 Å². The Hall–Kier alpha value is -2.52. The Kier molecular flexibility index (Phi) is 3.87. The van der Waals surface area contributed by atoms with Crippen LogP contribution >= 0.6 is 15.9 Å². The van der Waals surface area contributed by atoms with Crippen molar-refractivity contribution in [1.82, 2.24) is 19.7 Å². The van der Waals surface area contributed by atoms with Crippen LogP contribution in [0, 0.1) is 17.2 Å². The third-order valence-electron chi connectivity index (χ3n) is 4.37. The zero-order valence-electron chi connectivity index (χ0n) is 12.8. The first-order valence-corrected chi connectivity index (χ1v) is 8.55. The number of hydrogen-bond donors (Lipinski definition) is 0. The fraction of sp³-hybridized carbons (Fsp3) is 0.222. The first-order chi connectivity index (χ1) is 11.7. The number of benzene rings is 1. The molecular formula is C18H14BrN5. The van der Waals surface area contributed by atoms with Gasteiger partial charge in [0, 0.05) is 22.3 Å². The minimum atomic E-state index is 0.398. The van der Waals surface area contributed by atoms with E-state index in [-0.39, 0.29) is 0 Å². The number of nitrogens with zero attached hydrogens (tertiary/aromatic N) is 5. The molecule has 2 heterocycles. The molecule has 1 fully saturated rings. The highest BCUT2D eigenvalue weighted by molar-refractivity contribution is 9.10. The van der Waals surface area contributed by atoms with Gasteiger partial charge in [0.2, 0.25) is 0 Å². The second-order valence-corrected chi connectivity index (χ2v) is 6.89. The largest absolute Gasteiger partial charge is 0.269 e. The van der Waals surface area contributed by atoms with Gasteiger partial charge in [0.05, 0.1) is 41.2 Å². The van der Waals surface area contributed by atoms with Crippen LogP contribution in [0.2, 0.25) is 0 Å². The van der Waals surface area contributed by atoms with Gasteiger partial charge in [0.25, 0.3) is 0 Å². The molecule has 1 saturated carbocycles. The Bertz CT molecular complexity index is 963. The van der Waals surface area contributed by atoms with Crippen molar-refractivity contribution in [2.24, 2.45) is 5.92 Å². The SMILES string of the molecule is N#CC=CC1CC(n2cc(-c3cnc4ccc(Br)cc4n3)cn2)C1. The normalized spacial score (nSPS) is 20.2. The van der Waals surface area contributed by atoms with Crippen LogP contribution in [0.25, 0.3) is 22.3 Å². The molecule has 1 aromatic carbocycles. The fourth-order valence-corrected chi connectivity index (χ4v) is 3.32. The Labute approximate surface area is 147 Å². The van der Waals surface area contributed by atoms with E-state index in [1.54, 1.807) is 12.3 Å². The number of allylic oxidation sites excluding steroid dienone is 2. The Morgan fingerprint density at radius 3 is 2.96 bits per heavy atom. The zero-order valence-corrected chi connectivity index (χ0v) is 14.4. The monoisotopic (exact) mass is 379 g/mol. The van der Waals surface area contributed by atoms with E-state index in [4.69, 9.17) is 5.26 Å². The average molecular weight is 380 g/mol. The summed E-state index contributed by atoms with van der Waals surface area (Å²) in [6.45, 7) is 0. The highest BCUT2D eigenvalue weighted by atomic mass is 79.9. The molecule has 0 unspecified atom stereocenters. The van der Waals surface area contributed by atoms with Crippen molar-refractivity contribution in [3.8, 4) is 17.3 Å². The van der Waals surface area contributed by atoms with Crippen molar-refractivity contribution >= 4 is 27.0 Å². The van der Waals surface area contributed by atoms with E-state index >= 15 is 0 Å². The molecule has 24 heavy (non-hydrogen) atoms. The number of fused-ring (bicyclic) bond motifs is 1. The molecule has 118 valence electrons. The van der Waals surface area contributed by atoms with E-state index in [0.29, 0.717) is 12.0 Å². The summed E-state index contributed by atoms with van der Waals surface area (Å²) >= 11 is 3.47. The Morgan fingerprint density at radius 1 is 1.25 bits per heavy atom. The number of halogens is 1. The van der Waals surface area contributed by atoms with Gasteiger partial charge in [0.15, 0.2) is 0 Å². The molecule has 1 aliphatic carbocycles. The van der Waals surface area contributed by atoms with Crippen LogP contribution in [0.4, 0.5) is 0 Å². The van der Waals surface area contributed by atoms with Crippen molar-refractivity contribution in [3.05, 3.63) is 53.4 Å². The minimum absolute atomic E-state index is 0.398. The highest BCUT2D eigenvalue weighted by Gasteiger charge is 2.29. The van der Waals surface area contributed by atoms with E-state index < -0.39 is 0 Å². The summed E-state index contributed by atoms with van der Waals surface area (Å²) in [6.07, 6.45) is 11.3. The summed E-state index contributed by atoms with van der Waals surface area (Å²) in [4.78, 5) is 9.16. The topological polar surface area (TPSA) is 67.4 Å². The fourth-order valence-electron chi connectivity index (χ4n) is 2.98. The van der Waals surface area contributed by atoms with Crippen LogP contribution in [-0.4, -0.2) is 19.7 Å². The van der Waals surface area contributed by atoms with E-state index in [1.165, 1.54) is 0 Å². The lowest BCUT2D eigenvalue weighted by Crippen LogP contribution is -2.25. The third-order valence-corrected chi connectivity index (χ3v) is 4.86. The molecule has 0 N–H and O–H groups in total. The lowest BCUT2D eigenvalue weighted by Gasteiger charge is -2.33. The Morgan fingerprint density at radius 2 is 2.12 bits per heavy atom. The summed E-state index contributed by atoms with van der Waals surface area (Å²) in [5.41, 5.74) is 3.54. The maximum atomic E-state index is 8.57. The molecule has 0 saturated heterocycles. The molecular weight excluding hydrogens is 366 g/mol. The lowest BCUT2D eigenvalue weighted by atomic mass is 9.80. The van der Waals surface area contributed by atoms with Gasteiger partial charge in [-0.2, -0.15) is 10.4 Å². The molecule has 0 aliphatic heterocycles. The Balaban J connectivity index is 1.55. The molecule has 4 rings (SSSR count). The predicted octanol–water partition coefficient (Wildman–Crippen LogP) is 4.29. The van der Waals surface area contributed by atoms with Crippen molar-refractivity contribution in [1.29, 1.82) is 5.26 Å². The van der Waals surface area contributed by atoms with E-state index in [0.717, 1.165) is 39.6 Å². The van der Waals surface area contributed by atoms with Crippen LogP contribution in [0.5, 0.6) is 0 Å². The van der Waals surface area contributed by atoms with Gasteiger partial charge >= 0.3 is 0 Å². The first kappa shape index (κ1) is 15.0. The smallest absolute Gasteiger partial charge is 0.0924 e.